The van der Waals surface area contributed by atoms with Crippen LogP contribution < -0.4 is 5.73 Å². The summed E-state index contributed by atoms with van der Waals surface area (Å²) in [5, 5.41) is 2.01. The Hall–Kier alpha value is -1.000. The van der Waals surface area contributed by atoms with Gasteiger partial charge in [-0.2, -0.15) is 0 Å². The van der Waals surface area contributed by atoms with E-state index in [4.69, 9.17) is 5.73 Å². The first-order valence-electron chi connectivity index (χ1n) is 4.06. The zero-order valence-electron chi connectivity index (χ0n) is 7.61. The van der Waals surface area contributed by atoms with Crippen molar-refractivity contribution in [1.29, 1.82) is 0 Å². The second-order valence-electron chi connectivity index (χ2n) is 3.58. The Morgan fingerprint density at radius 2 is 2.15 bits per heavy atom. The van der Waals surface area contributed by atoms with Gasteiger partial charge in [-0.3, -0.25) is 0 Å². The molecule has 2 N–H and O–H groups in total. The summed E-state index contributed by atoms with van der Waals surface area (Å²) in [5.74, 6) is 0. The fourth-order valence-electron chi connectivity index (χ4n) is 1.25. The second kappa shape index (κ2) is 2.75. The van der Waals surface area contributed by atoms with Crippen molar-refractivity contribution in [3.8, 4) is 0 Å². The third-order valence-electron chi connectivity index (χ3n) is 1.85. The summed E-state index contributed by atoms with van der Waals surface area (Å²) in [6.45, 7) is 3.91. The first kappa shape index (κ1) is 8.59. The van der Waals surface area contributed by atoms with Gasteiger partial charge in [0.05, 0.1) is 21.4 Å². The normalized spacial score (nSPS) is 12.2. The SMILES string of the molecule is CC(C)(N)c1ncnc2ccsc12. The Bertz CT molecular complexity index is 428. The summed E-state index contributed by atoms with van der Waals surface area (Å²) in [5.41, 5.74) is 7.51. The molecular weight excluding hydrogens is 182 g/mol. The van der Waals surface area contributed by atoms with Crippen LogP contribution in [0.4, 0.5) is 0 Å². The maximum Gasteiger partial charge on any atom is 0.116 e. The molecule has 0 spiro atoms. The van der Waals surface area contributed by atoms with E-state index in [0.29, 0.717) is 0 Å². The van der Waals surface area contributed by atoms with Crippen LogP contribution >= 0.6 is 11.3 Å². The van der Waals surface area contributed by atoms with Crippen LogP contribution in [0.1, 0.15) is 19.5 Å². The van der Waals surface area contributed by atoms with E-state index in [1.165, 1.54) is 0 Å². The zero-order valence-corrected chi connectivity index (χ0v) is 8.43. The van der Waals surface area contributed by atoms with Gasteiger partial charge < -0.3 is 5.73 Å². The van der Waals surface area contributed by atoms with Gasteiger partial charge in [0, 0.05) is 0 Å². The summed E-state index contributed by atoms with van der Waals surface area (Å²) < 4.78 is 1.09. The lowest BCUT2D eigenvalue weighted by Gasteiger charge is -2.17. The maximum absolute atomic E-state index is 6.00. The number of fused-ring (bicyclic) bond motifs is 1. The number of hydrogen-bond acceptors (Lipinski definition) is 4. The number of hydrogen-bond donors (Lipinski definition) is 1. The first-order chi connectivity index (χ1) is 6.09. The highest BCUT2D eigenvalue weighted by Crippen LogP contribution is 2.27. The molecule has 0 aromatic carbocycles. The highest BCUT2D eigenvalue weighted by Gasteiger charge is 2.19. The van der Waals surface area contributed by atoms with Gasteiger partial charge in [-0.1, -0.05) is 0 Å². The Balaban J connectivity index is 2.75. The van der Waals surface area contributed by atoms with Crippen molar-refractivity contribution in [1.82, 2.24) is 9.97 Å². The van der Waals surface area contributed by atoms with Crippen LogP contribution in [0, 0.1) is 0 Å². The van der Waals surface area contributed by atoms with Crippen molar-refractivity contribution < 1.29 is 0 Å². The van der Waals surface area contributed by atoms with Gasteiger partial charge in [-0.25, -0.2) is 9.97 Å². The molecule has 0 bridgehead atoms. The highest BCUT2D eigenvalue weighted by atomic mass is 32.1. The van der Waals surface area contributed by atoms with Crippen molar-refractivity contribution in [2.45, 2.75) is 19.4 Å². The summed E-state index contributed by atoms with van der Waals surface area (Å²) in [7, 11) is 0. The standard InChI is InChI=1S/C9H11N3S/c1-9(2,10)8-7-6(3-4-13-7)11-5-12-8/h3-5H,10H2,1-2H3. The molecule has 0 saturated carbocycles. The molecule has 0 amide bonds. The van der Waals surface area contributed by atoms with E-state index in [9.17, 15) is 0 Å². The minimum atomic E-state index is -0.397. The molecule has 4 heteroatoms. The number of nitrogens with zero attached hydrogens (tertiary/aromatic N) is 2. The van der Waals surface area contributed by atoms with Crippen LogP contribution in [0.3, 0.4) is 0 Å². The number of thiophene rings is 1. The van der Waals surface area contributed by atoms with Gasteiger partial charge in [0.15, 0.2) is 0 Å². The second-order valence-corrected chi connectivity index (χ2v) is 4.50. The molecule has 0 aliphatic rings. The van der Waals surface area contributed by atoms with E-state index in [0.717, 1.165) is 15.9 Å². The lowest BCUT2D eigenvalue weighted by atomic mass is 10.0. The van der Waals surface area contributed by atoms with Crippen LogP contribution in [-0.2, 0) is 5.54 Å². The molecule has 0 saturated heterocycles. The van der Waals surface area contributed by atoms with Crippen LogP contribution in [0.2, 0.25) is 0 Å². The molecule has 0 radical (unpaired) electrons. The fraction of sp³-hybridized carbons (Fsp3) is 0.333. The van der Waals surface area contributed by atoms with E-state index in [-0.39, 0.29) is 0 Å². The molecule has 2 aromatic rings. The van der Waals surface area contributed by atoms with Crippen molar-refractivity contribution in [2.24, 2.45) is 5.73 Å². The average molecular weight is 193 g/mol. The summed E-state index contributed by atoms with van der Waals surface area (Å²) in [6, 6.07) is 1.98. The molecule has 68 valence electrons. The molecule has 2 aromatic heterocycles. The maximum atomic E-state index is 6.00. The highest BCUT2D eigenvalue weighted by molar-refractivity contribution is 7.17. The largest absolute Gasteiger partial charge is 0.321 e. The van der Waals surface area contributed by atoms with Gasteiger partial charge in [0.25, 0.3) is 0 Å². The Labute approximate surface area is 80.6 Å². The number of aromatic nitrogens is 2. The predicted octanol–water partition coefficient (Wildman–Crippen LogP) is 1.89. The van der Waals surface area contributed by atoms with Crippen molar-refractivity contribution in [3.63, 3.8) is 0 Å². The third kappa shape index (κ3) is 1.43. The van der Waals surface area contributed by atoms with E-state index in [1.807, 2.05) is 25.3 Å². The van der Waals surface area contributed by atoms with E-state index >= 15 is 0 Å². The Morgan fingerprint density at radius 1 is 1.38 bits per heavy atom. The molecular formula is C9H11N3S. The molecule has 3 nitrogen and oxygen atoms in total. The molecule has 0 aliphatic carbocycles. The van der Waals surface area contributed by atoms with Gasteiger partial charge in [-0.05, 0) is 25.3 Å². The van der Waals surface area contributed by atoms with Crippen molar-refractivity contribution >= 4 is 21.6 Å². The summed E-state index contributed by atoms with van der Waals surface area (Å²) >= 11 is 1.64. The molecule has 0 aliphatic heterocycles. The van der Waals surface area contributed by atoms with Gasteiger partial charge >= 0.3 is 0 Å². The molecule has 0 atom stereocenters. The average Bonchev–Trinajstić information content (AvgIpc) is 2.48. The van der Waals surface area contributed by atoms with Crippen LogP contribution in [0.25, 0.3) is 10.2 Å². The van der Waals surface area contributed by atoms with Crippen molar-refractivity contribution in [2.75, 3.05) is 0 Å². The summed E-state index contributed by atoms with van der Waals surface area (Å²) in [6.07, 6.45) is 1.57. The van der Waals surface area contributed by atoms with Crippen LogP contribution in [0.15, 0.2) is 17.8 Å². The number of rotatable bonds is 1. The predicted molar refractivity (Wildman–Crippen MR) is 54.6 cm³/mol. The monoisotopic (exact) mass is 193 g/mol. The van der Waals surface area contributed by atoms with Crippen molar-refractivity contribution in [3.05, 3.63) is 23.5 Å². The Morgan fingerprint density at radius 3 is 2.85 bits per heavy atom. The topological polar surface area (TPSA) is 51.8 Å². The van der Waals surface area contributed by atoms with E-state index < -0.39 is 5.54 Å². The number of nitrogens with two attached hydrogens (primary N) is 1. The third-order valence-corrected chi connectivity index (χ3v) is 2.76. The lowest BCUT2D eigenvalue weighted by Crippen LogP contribution is -2.30. The minimum Gasteiger partial charge on any atom is -0.321 e. The zero-order chi connectivity index (χ0) is 9.47. The minimum absolute atomic E-state index is 0.397. The van der Waals surface area contributed by atoms with Crippen LogP contribution in [-0.4, -0.2) is 9.97 Å². The Kier molecular flexibility index (Phi) is 1.82. The van der Waals surface area contributed by atoms with Gasteiger partial charge in [0.2, 0.25) is 0 Å². The molecule has 2 rings (SSSR count). The van der Waals surface area contributed by atoms with Gasteiger partial charge in [0.1, 0.15) is 6.33 Å². The van der Waals surface area contributed by atoms with E-state index in [1.54, 1.807) is 17.7 Å². The molecule has 0 unspecified atom stereocenters. The van der Waals surface area contributed by atoms with Gasteiger partial charge in [-0.15, -0.1) is 11.3 Å². The van der Waals surface area contributed by atoms with E-state index in [2.05, 4.69) is 9.97 Å². The molecule has 0 fully saturated rings. The smallest absolute Gasteiger partial charge is 0.116 e. The molecule has 13 heavy (non-hydrogen) atoms. The van der Waals surface area contributed by atoms with Crippen LogP contribution in [0.5, 0.6) is 0 Å². The fourth-order valence-corrected chi connectivity index (χ4v) is 2.25. The first-order valence-corrected chi connectivity index (χ1v) is 4.94. The lowest BCUT2D eigenvalue weighted by molar-refractivity contribution is 0.541. The summed E-state index contributed by atoms with van der Waals surface area (Å²) in [4.78, 5) is 8.38. The quantitative estimate of drug-likeness (QED) is 0.752. The molecule has 2 heterocycles.